The highest BCUT2D eigenvalue weighted by atomic mass is 16.5. The normalized spacial score (nSPS) is 10.7. The van der Waals surface area contributed by atoms with Crippen molar-refractivity contribution in [3.8, 4) is 5.75 Å². The highest BCUT2D eigenvalue weighted by molar-refractivity contribution is 5.98. The van der Waals surface area contributed by atoms with Crippen LogP contribution in [0.5, 0.6) is 5.75 Å². The molecule has 0 radical (unpaired) electrons. The molecule has 0 unspecified atom stereocenters. The number of carbonyl (C=O) groups excluding carboxylic acids is 3. The molecule has 0 aromatic heterocycles. The molecule has 3 rings (SSSR count). The van der Waals surface area contributed by atoms with E-state index in [1.165, 1.54) is 36.4 Å². The number of ether oxygens (including phenoxy) is 1. The second-order valence-corrected chi connectivity index (χ2v) is 6.38. The first-order chi connectivity index (χ1) is 15.1. The molecular weight excluding hydrogens is 392 g/mol. The summed E-state index contributed by atoms with van der Waals surface area (Å²) in [4.78, 5) is 35.9. The lowest BCUT2D eigenvalue weighted by atomic mass is 10.2. The van der Waals surface area contributed by atoms with Gasteiger partial charge in [-0.1, -0.05) is 60.7 Å². The largest absolute Gasteiger partial charge is 0.423 e. The Morgan fingerprint density at radius 1 is 0.645 bits per heavy atom. The van der Waals surface area contributed by atoms with E-state index in [1.54, 1.807) is 12.2 Å². The predicted octanol–water partition coefficient (Wildman–Crippen LogP) is 3.78. The summed E-state index contributed by atoms with van der Waals surface area (Å²) in [6.07, 6.45) is 5.94. The highest BCUT2D eigenvalue weighted by Crippen LogP contribution is 2.13. The standard InChI is InChI=1S/C25H20N2O4/c28-23(17-11-19-7-3-1-4-8-19)26-27-25(30)21-13-15-22(16-14-21)31-24(29)18-12-20-9-5-2-6-10-20/h1-18H,(H,26,28)(H,27,30). The van der Waals surface area contributed by atoms with Gasteiger partial charge >= 0.3 is 5.97 Å². The first-order valence-electron chi connectivity index (χ1n) is 9.48. The fraction of sp³-hybridized carbons (Fsp3) is 0. The van der Waals surface area contributed by atoms with E-state index in [0.29, 0.717) is 11.3 Å². The Hall–Kier alpha value is -4.45. The summed E-state index contributed by atoms with van der Waals surface area (Å²) in [5, 5.41) is 0. The van der Waals surface area contributed by atoms with Crippen LogP contribution in [0.4, 0.5) is 0 Å². The quantitative estimate of drug-likeness (QED) is 0.279. The van der Waals surface area contributed by atoms with Crippen molar-refractivity contribution in [2.75, 3.05) is 0 Å². The van der Waals surface area contributed by atoms with Gasteiger partial charge in [-0.15, -0.1) is 0 Å². The molecule has 31 heavy (non-hydrogen) atoms. The maximum atomic E-state index is 12.1. The number of hydrogen-bond acceptors (Lipinski definition) is 4. The van der Waals surface area contributed by atoms with E-state index in [4.69, 9.17) is 4.74 Å². The third-order valence-corrected chi connectivity index (χ3v) is 4.07. The van der Waals surface area contributed by atoms with Crippen LogP contribution in [-0.4, -0.2) is 17.8 Å². The molecule has 2 amide bonds. The molecule has 0 spiro atoms. The van der Waals surface area contributed by atoms with E-state index < -0.39 is 17.8 Å². The number of carbonyl (C=O) groups is 3. The zero-order valence-corrected chi connectivity index (χ0v) is 16.5. The van der Waals surface area contributed by atoms with Gasteiger partial charge in [0.25, 0.3) is 11.8 Å². The van der Waals surface area contributed by atoms with E-state index in [2.05, 4.69) is 10.9 Å². The average molecular weight is 412 g/mol. The van der Waals surface area contributed by atoms with Gasteiger partial charge < -0.3 is 4.74 Å². The SMILES string of the molecule is O=C(C=Cc1ccccc1)NNC(=O)c1ccc(OC(=O)C=Cc2ccccc2)cc1. The minimum absolute atomic E-state index is 0.298. The first kappa shape index (κ1) is 21.3. The molecule has 0 bridgehead atoms. The Balaban J connectivity index is 1.47. The fourth-order valence-electron chi connectivity index (χ4n) is 2.52. The molecule has 0 saturated carbocycles. The fourth-order valence-corrected chi connectivity index (χ4v) is 2.52. The number of esters is 1. The molecule has 0 fully saturated rings. The molecule has 6 heteroatoms. The lowest BCUT2D eigenvalue weighted by Crippen LogP contribution is -2.40. The number of rotatable bonds is 6. The van der Waals surface area contributed by atoms with Gasteiger partial charge in [0.05, 0.1) is 0 Å². The molecule has 2 N–H and O–H groups in total. The number of benzene rings is 3. The Bertz CT molecular complexity index is 1090. The summed E-state index contributed by atoms with van der Waals surface area (Å²) < 4.78 is 5.21. The van der Waals surface area contributed by atoms with E-state index >= 15 is 0 Å². The lowest BCUT2D eigenvalue weighted by molar-refractivity contribution is -0.128. The Labute approximate surface area is 179 Å². The van der Waals surface area contributed by atoms with Crippen molar-refractivity contribution in [2.24, 2.45) is 0 Å². The zero-order chi connectivity index (χ0) is 21.9. The van der Waals surface area contributed by atoms with Gasteiger partial charge in [-0.05, 0) is 47.5 Å². The molecule has 6 nitrogen and oxygen atoms in total. The molecule has 0 aliphatic carbocycles. The number of amides is 2. The first-order valence-corrected chi connectivity index (χ1v) is 9.48. The summed E-state index contributed by atoms with van der Waals surface area (Å²) in [6, 6.07) is 24.7. The summed E-state index contributed by atoms with van der Waals surface area (Å²) in [7, 11) is 0. The molecule has 0 heterocycles. The molecule has 3 aromatic rings. The molecule has 0 aliphatic heterocycles. The summed E-state index contributed by atoms with van der Waals surface area (Å²) in [6.45, 7) is 0. The zero-order valence-electron chi connectivity index (χ0n) is 16.5. The third kappa shape index (κ3) is 7.14. The minimum Gasteiger partial charge on any atom is -0.423 e. The van der Waals surface area contributed by atoms with Gasteiger partial charge in [0, 0.05) is 17.7 Å². The molecular formula is C25H20N2O4. The van der Waals surface area contributed by atoms with E-state index in [-0.39, 0.29) is 0 Å². The van der Waals surface area contributed by atoms with Crippen molar-refractivity contribution in [3.05, 3.63) is 114 Å². The van der Waals surface area contributed by atoms with Crippen molar-refractivity contribution in [1.82, 2.24) is 10.9 Å². The van der Waals surface area contributed by atoms with Crippen molar-refractivity contribution in [1.29, 1.82) is 0 Å². The van der Waals surface area contributed by atoms with Crippen LogP contribution in [-0.2, 0) is 9.59 Å². The lowest BCUT2D eigenvalue weighted by Gasteiger charge is -2.06. The number of nitrogens with one attached hydrogen (secondary N) is 2. The van der Waals surface area contributed by atoms with Crippen molar-refractivity contribution >= 4 is 29.9 Å². The highest BCUT2D eigenvalue weighted by Gasteiger charge is 2.07. The maximum absolute atomic E-state index is 12.1. The maximum Gasteiger partial charge on any atom is 0.336 e. The van der Waals surface area contributed by atoms with Gasteiger partial charge in [0.2, 0.25) is 0 Å². The van der Waals surface area contributed by atoms with Crippen molar-refractivity contribution in [2.45, 2.75) is 0 Å². The van der Waals surface area contributed by atoms with E-state index in [9.17, 15) is 14.4 Å². The van der Waals surface area contributed by atoms with Crippen LogP contribution in [0.15, 0.2) is 97.1 Å². The monoisotopic (exact) mass is 412 g/mol. The van der Waals surface area contributed by atoms with E-state index in [1.807, 2.05) is 60.7 Å². The summed E-state index contributed by atoms with van der Waals surface area (Å²) in [5.41, 5.74) is 6.68. The van der Waals surface area contributed by atoms with Crippen LogP contribution in [0.3, 0.4) is 0 Å². The topological polar surface area (TPSA) is 84.5 Å². The van der Waals surface area contributed by atoms with Crippen LogP contribution >= 0.6 is 0 Å². The Kier molecular flexibility index (Phi) is 7.49. The van der Waals surface area contributed by atoms with Gasteiger partial charge in [-0.3, -0.25) is 20.4 Å². The predicted molar refractivity (Wildman–Crippen MR) is 119 cm³/mol. The third-order valence-electron chi connectivity index (χ3n) is 4.07. The van der Waals surface area contributed by atoms with Crippen LogP contribution in [0.2, 0.25) is 0 Å². The van der Waals surface area contributed by atoms with Gasteiger partial charge in [0.15, 0.2) is 0 Å². The second kappa shape index (κ2) is 10.9. The smallest absolute Gasteiger partial charge is 0.336 e. The van der Waals surface area contributed by atoms with Gasteiger partial charge in [0.1, 0.15) is 5.75 Å². The van der Waals surface area contributed by atoms with Crippen LogP contribution in [0.1, 0.15) is 21.5 Å². The van der Waals surface area contributed by atoms with Crippen LogP contribution in [0, 0.1) is 0 Å². The number of hydrazine groups is 1. The molecule has 0 saturated heterocycles. The van der Waals surface area contributed by atoms with E-state index in [0.717, 1.165) is 11.1 Å². The molecule has 0 atom stereocenters. The van der Waals surface area contributed by atoms with Crippen LogP contribution < -0.4 is 15.6 Å². The molecule has 3 aromatic carbocycles. The van der Waals surface area contributed by atoms with Crippen molar-refractivity contribution < 1.29 is 19.1 Å². The van der Waals surface area contributed by atoms with Gasteiger partial charge in [-0.25, -0.2) is 4.79 Å². The van der Waals surface area contributed by atoms with Gasteiger partial charge in [-0.2, -0.15) is 0 Å². The Morgan fingerprint density at radius 3 is 1.77 bits per heavy atom. The molecule has 154 valence electrons. The number of hydrogen-bond donors (Lipinski definition) is 2. The summed E-state index contributed by atoms with van der Waals surface area (Å²) in [5.74, 6) is -1.19. The minimum atomic E-state index is -0.529. The average Bonchev–Trinajstić information content (AvgIpc) is 2.81. The Morgan fingerprint density at radius 2 is 1.19 bits per heavy atom. The van der Waals surface area contributed by atoms with Crippen LogP contribution in [0.25, 0.3) is 12.2 Å². The second-order valence-electron chi connectivity index (χ2n) is 6.38. The summed E-state index contributed by atoms with van der Waals surface area (Å²) >= 11 is 0. The van der Waals surface area contributed by atoms with Crippen molar-refractivity contribution in [3.63, 3.8) is 0 Å². The molecule has 0 aliphatic rings.